The van der Waals surface area contributed by atoms with E-state index in [9.17, 15) is 28.1 Å². The van der Waals surface area contributed by atoms with Crippen LogP contribution in [0.3, 0.4) is 0 Å². The molecule has 4 aromatic carbocycles. The molecule has 4 aromatic rings. The molecule has 2 amide bonds. The molecule has 0 aliphatic heterocycles. The molecule has 0 saturated carbocycles. The van der Waals surface area contributed by atoms with E-state index in [1.54, 1.807) is 30.3 Å². The first-order valence-electron chi connectivity index (χ1n) is 13.2. The van der Waals surface area contributed by atoms with Crippen molar-refractivity contribution in [3.63, 3.8) is 0 Å². The summed E-state index contributed by atoms with van der Waals surface area (Å²) in [7, 11) is -2.93. The number of nitro groups is 1. The van der Waals surface area contributed by atoms with Crippen molar-refractivity contribution in [3.05, 3.63) is 135 Å². The molecule has 43 heavy (non-hydrogen) atoms. The number of hydrogen-bond donors (Lipinski definition) is 1. The molecule has 0 aliphatic carbocycles. The Morgan fingerprint density at radius 2 is 1.53 bits per heavy atom. The normalized spacial score (nSPS) is 11.8. The molecule has 1 unspecified atom stereocenters. The summed E-state index contributed by atoms with van der Waals surface area (Å²) < 4.78 is 28.7. The van der Waals surface area contributed by atoms with Crippen LogP contribution >= 0.6 is 11.6 Å². The Morgan fingerprint density at radius 1 is 0.907 bits per heavy atom. The van der Waals surface area contributed by atoms with Gasteiger partial charge in [0.2, 0.25) is 11.8 Å². The van der Waals surface area contributed by atoms with Crippen molar-refractivity contribution < 1.29 is 22.9 Å². The summed E-state index contributed by atoms with van der Waals surface area (Å²) in [5.41, 5.74) is 0.898. The molecule has 4 rings (SSSR count). The first-order chi connectivity index (χ1) is 20.6. The highest BCUT2D eigenvalue weighted by atomic mass is 35.5. The summed E-state index contributed by atoms with van der Waals surface area (Å²) in [4.78, 5) is 39.6. The Kier molecular flexibility index (Phi) is 10.1. The predicted molar refractivity (Wildman–Crippen MR) is 164 cm³/mol. The van der Waals surface area contributed by atoms with Crippen LogP contribution in [-0.4, -0.2) is 49.7 Å². The molecule has 0 aromatic heterocycles. The average molecular weight is 621 g/mol. The van der Waals surface area contributed by atoms with E-state index in [1.165, 1.54) is 54.4 Å². The molecular formula is C31H29ClN4O6S. The maximum Gasteiger partial charge on any atom is 0.271 e. The van der Waals surface area contributed by atoms with Gasteiger partial charge in [0.25, 0.3) is 15.7 Å². The zero-order chi connectivity index (χ0) is 31.0. The van der Waals surface area contributed by atoms with Crippen molar-refractivity contribution in [2.24, 2.45) is 0 Å². The van der Waals surface area contributed by atoms with Gasteiger partial charge in [-0.3, -0.25) is 24.0 Å². The van der Waals surface area contributed by atoms with Crippen molar-refractivity contribution in [2.45, 2.75) is 23.9 Å². The van der Waals surface area contributed by atoms with Crippen LogP contribution in [0.5, 0.6) is 0 Å². The van der Waals surface area contributed by atoms with Gasteiger partial charge >= 0.3 is 0 Å². The van der Waals surface area contributed by atoms with E-state index >= 15 is 0 Å². The van der Waals surface area contributed by atoms with Crippen LogP contribution in [0.2, 0.25) is 5.02 Å². The number of nitrogens with one attached hydrogen (secondary N) is 1. The standard InChI is InChI=1S/C31H29ClN4O6S/c1-33-31(38)29(19-23-11-4-2-5-12-23)34(21-24-13-8-9-18-28(24)32)30(37)22-35(25-14-10-15-26(20-25)36(39)40)43(41,42)27-16-6-3-7-17-27/h2-18,20,29H,19,21-22H2,1H3,(H,33,38). The fourth-order valence-corrected chi connectivity index (χ4v) is 6.16. The molecule has 0 radical (unpaired) electrons. The lowest BCUT2D eigenvalue weighted by Crippen LogP contribution is -2.53. The summed E-state index contributed by atoms with van der Waals surface area (Å²) in [6.45, 7) is -0.845. The van der Waals surface area contributed by atoms with E-state index in [4.69, 9.17) is 11.6 Å². The minimum atomic E-state index is -4.38. The van der Waals surface area contributed by atoms with Gasteiger partial charge in [0.15, 0.2) is 0 Å². The van der Waals surface area contributed by atoms with Crippen molar-refractivity contribution in [1.29, 1.82) is 0 Å². The number of amides is 2. The maximum absolute atomic E-state index is 14.3. The molecule has 0 spiro atoms. The number of halogens is 1. The SMILES string of the molecule is CNC(=O)C(Cc1ccccc1)N(Cc1ccccc1Cl)C(=O)CN(c1cccc([N+](=O)[O-])c1)S(=O)(=O)c1ccccc1. The van der Waals surface area contributed by atoms with E-state index in [0.717, 1.165) is 15.9 Å². The van der Waals surface area contributed by atoms with Gasteiger partial charge < -0.3 is 10.2 Å². The number of likely N-dealkylation sites (N-methyl/N-ethyl adjacent to an activating group) is 1. The summed E-state index contributed by atoms with van der Waals surface area (Å²) in [5.74, 6) is -1.17. The lowest BCUT2D eigenvalue weighted by molar-refractivity contribution is -0.384. The highest BCUT2D eigenvalue weighted by molar-refractivity contribution is 7.92. The molecule has 0 fully saturated rings. The Morgan fingerprint density at radius 3 is 2.16 bits per heavy atom. The minimum Gasteiger partial charge on any atom is -0.357 e. The largest absolute Gasteiger partial charge is 0.357 e. The highest BCUT2D eigenvalue weighted by Gasteiger charge is 2.35. The fraction of sp³-hybridized carbons (Fsp3) is 0.161. The highest BCUT2D eigenvalue weighted by Crippen LogP contribution is 2.28. The van der Waals surface area contributed by atoms with Crippen molar-refractivity contribution >= 4 is 44.8 Å². The topological polar surface area (TPSA) is 130 Å². The van der Waals surface area contributed by atoms with Gasteiger partial charge in [-0.1, -0.05) is 84.4 Å². The molecule has 0 aliphatic rings. The van der Waals surface area contributed by atoms with Crippen LogP contribution in [0.25, 0.3) is 0 Å². The molecular weight excluding hydrogens is 592 g/mol. The second kappa shape index (κ2) is 14.0. The van der Waals surface area contributed by atoms with E-state index < -0.39 is 39.3 Å². The first-order valence-corrected chi connectivity index (χ1v) is 15.0. The second-order valence-electron chi connectivity index (χ2n) is 9.53. The number of hydrogen-bond acceptors (Lipinski definition) is 6. The Bertz CT molecular complexity index is 1700. The Balaban J connectivity index is 1.82. The Labute approximate surface area is 254 Å². The van der Waals surface area contributed by atoms with E-state index in [1.807, 2.05) is 30.3 Å². The van der Waals surface area contributed by atoms with Gasteiger partial charge in [-0.05, 0) is 35.4 Å². The number of anilines is 1. The predicted octanol–water partition coefficient (Wildman–Crippen LogP) is 4.83. The summed E-state index contributed by atoms with van der Waals surface area (Å²) in [6.07, 6.45) is 0.138. The van der Waals surface area contributed by atoms with Gasteiger partial charge in [0.1, 0.15) is 12.6 Å². The fourth-order valence-electron chi connectivity index (χ4n) is 4.54. The zero-order valence-electron chi connectivity index (χ0n) is 23.2. The van der Waals surface area contributed by atoms with Crippen molar-refractivity contribution in [3.8, 4) is 0 Å². The Hall–Kier alpha value is -4.74. The third-order valence-electron chi connectivity index (χ3n) is 6.75. The quantitative estimate of drug-likeness (QED) is 0.178. The molecule has 0 bridgehead atoms. The molecule has 12 heteroatoms. The molecule has 10 nitrogen and oxygen atoms in total. The van der Waals surface area contributed by atoms with Gasteiger partial charge in [-0.15, -0.1) is 0 Å². The number of sulfonamides is 1. The number of carbonyl (C=O) groups excluding carboxylic acids is 2. The average Bonchev–Trinajstić information content (AvgIpc) is 3.02. The third kappa shape index (κ3) is 7.56. The first kappa shape index (κ1) is 31.2. The van der Waals surface area contributed by atoms with E-state index in [0.29, 0.717) is 10.6 Å². The van der Waals surface area contributed by atoms with Crippen molar-refractivity contribution in [2.75, 3.05) is 17.9 Å². The lowest BCUT2D eigenvalue weighted by atomic mass is 10.0. The summed E-state index contributed by atoms with van der Waals surface area (Å²) >= 11 is 6.44. The van der Waals surface area contributed by atoms with Crippen LogP contribution in [-0.2, 0) is 32.6 Å². The third-order valence-corrected chi connectivity index (χ3v) is 8.91. The zero-order valence-corrected chi connectivity index (χ0v) is 24.7. The summed E-state index contributed by atoms with van der Waals surface area (Å²) in [5, 5.41) is 14.5. The number of non-ortho nitro benzene ring substituents is 1. The van der Waals surface area contributed by atoms with Crippen LogP contribution in [0, 0.1) is 10.1 Å². The molecule has 1 N–H and O–H groups in total. The van der Waals surface area contributed by atoms with Crippen molar-refractivity contribution in [1.82, 2.24) is 10.2 Å². The maximum atomic E-state index is 14.3. The van der Waals surface area contributed by atoms with Crippen LogP contribution in [0.15, 0.2) is 114 Å². The van der Waals surface area contributed by atoms with Gasteiger partial charge in [0.05, 0.1) is 15.5 Å². The second-order valence-corrected chi connectivity index (χ2v) is 11.8. The number of rotatable bonds is 12. The smallest absolute Gasteiger partial charge is 0.271 e. The number of carbonyl (C=O) groups is 2. The monoisotopic (exact) mass is 620 g/mol. The van der Waals surface area contributed by atoms with Crippen LogP contribution in [0.1, 0.15) is 11.1 Å². The lowest BCUT2D eigenvalue weighted by Gasteiger charge is -2.33. The van der Waals surface area contributed by atoms with E-state index in [-0.39, 0.29) is 29.2 Å². The van der Waals surface area contributed by atoms with E-state index in [2.05, 4.69) is 5.32 Å². The minimum absolute atomic E-state index is 0.0800. The van der Waals surface area contributed by atoms with Gasteiger partial charge in [-0.2, -0.15) is 0 Å². The number of benzene rings is 4. The van der Waals surface area contributed by atoms with Gasteiger partial charge in [0, 0.05) is 37.2 Å². The van der Waals surface area contributed by atoms with Crippen LogP contribution < -0.4 is 9.62 Å². The molecule has 1 atom stereocenters. The number of nitrogens with zero attached hydrogens (tertiary/aromatic N) is 3. The molecule has 0 saturated heterocycles. The number of nitro benzene ring substituents is 1. The van der Waals surface area contributed by atoms with Gasteiger partial charge in [-0.25, -0.2) is 8.42 Å². The molecule has 0 heterocycles. The van der Waals surface area contributed by atoms with Crippen LogP contribution in [0.4, 0.5) is 11.4 Å². The molecule has 222 valence electrons. The summed E-state index contributed by atoms with van der Waals surface area (Å²) in [6, 6.07) is 27.4.